The summed E-state index contributed by atoms with van der Waals surface area (Å²) in [6.45, 7) is 8.07. The zero-order valence-electron chi connectivity index (χ0n) is 9.48. The van der Waals surface area contributed by atoms with Crippen LogP contribution in [0.4, 0.5) is 0 Å². The van der Waals surface area contributed by atoms with Gasteiger partial charge in [0, 0.05) is 11.6 Å². The SMILES string of the molecule is CC(=O)C=C=C1C(C)=CCCC1(C)C. The molecule has 0 N–H and O–H groups in total. The van der Waals surface area contributed by atoms with Crippen molar-refractivity contribution in [2.24, 2.45) is 5.41 Å². The van der Waals surface area contributed by atoms with Gasteiger partial charge in [-0.15, -0.1) is 5.73 Å². The lowest BCUT2D eigenvalue weighted by atomic mass is 9.73. The number of allylic oxidation sites excluding steroid dienone is 3. The van der Waals surface area contributed by atoms with E-state index in [0.717, 1.165) is 12.8 Å². The molecule has 1 aliphatic rings. The van der Waals surface area contributed by atoms with Gasteiger partial charge in [0.25, 0.3) is 0 Å². The predicted molar refractivity (Wildman–Crippen MR) is 59.0 cm³/mol. The first-order chi connectivity index (χ1) is 6.43. The van der Waals surface area contributed by atoms with E-state index in [1.54, 1.807) is 13.0 Å². The summed E-state index contributed by atoms with van der Waals surface area (Å²) in [5, 5.41) is 0. The molecule has 14 heavy (non-hydrogen) atoms. The molecule has 0 aromatic rings. The van der Waals surface area contributed by atoms with Crippen LogP contribution in [-0.2, 0) is 4.79 Å². The third-order valence-electron chi connectivity index (χ3n) is 2.71. The van der Waals surface area contributed by atoms with Crippen LogP contribution >= 0.6 is 0 Å². The van der Waals surface area contributed by atoms with Crippen molar-refractivity contribution in [3.8, 4) is 0 Å². The zero-order valence-corrected chi connectivity index (χ0v) is 9.48. The molecule has 0 amide bonds. The van der Waals surface area contributed by atoms with Crippen LogP contribution in [0.2, 0.25) is 0 Å². The van der Waals surface area contributed by atoms with Gasteiger partial charge in [0.2, 0.25) is 0 Å². The monoisotopic (exact) mass is 190 g/mol. The van der Waals surface area contributed by atoms with Crippen LogP contribution in [0.25, 0.3) is 0 Å². The topological polar surface area (TPSA) is 17.1 Å². The van der Waals surface area contributed by atoms with Gasteiger partial charge >= 0.3 is 0 Å². The molecule has 0 atom stereocenters. The van der Waals surface area contributed by atoms with Crippen LogP contribution in [0.15, 0.2) is 29.0 Å². The fourth-order valence-electron chi connectivity index (χ4n) is 1.89. The lowest BCUT2D eigenvalue weighted by Gasteiger charge is -2.30. The van der Waals surface area contributed by atoms with Crippen LogP contribution < -0.4 is 0 Å². The van der Waals surface area contributed by atoms with Gasteiger partial charge in [-0.05, 0) is 37.7 Å². The number of rotatable bonds is 1. The molecule has 76 valence electrons. The molecule has 0 unspecified atom stereocenters. The first-order valence-corrected chi connectivity index (χ1v) is 5.08. The Morgan fingerprint density at radius 3 is 2.71 bits per heavy atom. The summed E-state index contributed by atoms with van der Waals surface area (Å²) < 4.78 is 0. The fraction of sp³-hybridized carbons (Fsp3) is 0.538. The third kappa shape index (κ3) is 2.46. The van der Waals surface area contributed by atoms with E-state index in [2.05, 4.69) is 32.6 Å². The minimum absolute atomic E-state index is 0.0617. The van der Waals surface area contributed by atoms with Crippen LogP contribution in [0.1, 0.15) is 40.5 Å². The highest BCUT2D eigenvalue weighted by Crippen LogP contribution is 2.39. The molecule has 1 aliphatic carbocycles. The number of carbonyl (C=O) groups is 1. The molecule has 0 bridgehead atoms. The van der Waals surface area contributed by atoms with E-state index in [1.165, 1.54) is 11.1 Å². The lowest BCUT2D eigenvalue weighted by molar-refractivity contribution is -0.112. The van der Waals surface area contributed by atoms with E-state index < -0.39 is 0 Å². The summed E-state index contributed by atoms with van der Waals surface area (Å²) in [5.41, 5.74) is 5.73. The van der Waals surface area contributed by atoms with E-state index in [-0.39, 0.29) is 11.2 Å². The van der Waals surface area contributed by atoms with Crippen molar-refractivity contribution in [3.63, 3.8) is 0 Å². The Morgan fingerprint density at radius 1 is 1.57 bits per heavy atom. The van der Waals surface area contributed by atoms with Crippen LogP contribution in [0, 0.1) is 5.41 Å². The molecule has 0 aromatic heterocycles. The molecule has 0 saturated heterocycles. The highest BCUT2D eigenvalue weighted by atomic mass is 16.1. The van der Waals surface area contributed by atoms with Crippen LogP contribution in [0.5, 0.6) is 0 Å². The van der Waals surface area contributed by atoms with Crippen molar-refractivity contribution in [1.82, 2.24) is 0 Å². The van der Waals surface area contributed by atoms with Crippen molar-refractivity contribution >= 4 is 5.78 Å². The second-order valence-corrected chi connectivity index (χ2v) is 4.58. The number of carbonyl (C=O) groups excluding carboxylic acids is 1. The Labute approximate surface area is 86.2 Å². The lowest BCUT2D eigenvalue weighted by Crippen LogP contribution is -2.18. The van der Waals surface area contributed by atoms with Crippen LogP contribution in [-0.4, -0.2) is 5.78 Å². The fourth-order valence-corrected chi connectivity index (χ4v) is 1.89. The molecular formula is C13H18O. The molecule has 0 spiro atoms. The quantitative estimate of drug-likeness (QED) is 0.457. The first-order valence-electron chi connectivity index (χ1n) is 5.08. The number of hydrogen-bond donors (Lipinski definition) is 0. The number of ketones is 1. The van der Waals surface area contributed by atoms with E-state index in [9.17, 15) is 4.79 Å². The van der Waals surface area contributed by atoms with Gasteiger partial charge in [-0.25, -0.2) is 0 Å². The maximum atomic E-state index is 10.9. The van der Waals surface area contributed by atoms with Gasteiger partial charge in [0.1, 0.15) is 0 Å². The zero-order chi connectivity index (χ0) is 10.8. The summed E-state index contributed by atoms with van der Waals surface area (Å²) in [5.74, 6) is 0.0617. The summed E-state index contributed by atoms with van der Waals surface area (Å²) in [6.07, 6.45) is 6.03. The third-order valence-corrected chi connectivity index (χ3v) is 2.71. The Kier molecular flexibility index (Phi) is 3.13. The van der Waals surface area contributed by atoms with Gasteiger partial charge < -0.3 is 0 Å². The van der Waals surface area contributed by atoms with E-state index in [0.29, 0.717) is 0 Å². The molecule has 0 aromatic carbocycles. The summed E-state index contributed by atoms with van der Waals surface area (Å²) in [7, 11) is 0. The standard InChI is InChI=1S/C13H18O/c1-10-6-5-9-13(3,4)12(10)8-7-11(2)14/h6-7H,5,9H2,1-4H3. The minimum atomic E-state index is 0.0617. The molecule has 0 saturated carbocycles. The predicted octanol–water partition coefficient (Wildman–Crippen LogP) is 3.42. The molecule has 0 heterocycles. The maximum absolute atomic E-state index is 10.9. The Balaban J connectivity index is 3.15. The van der Waals surface area contributed by atoms with Gasteiger partial charge in [0.05, 0.1) is 0 Å². The normalized spacial score (nSPS) is 19.7. The van der Waals surface area contributed by atoms with Crippen molar-refractivity contribution in [3.05, 3.63) is 29.0 Å². The largest absolute Gasteiger partial charge is 0.294 e. The highest BCUT2D eigenvalue weighted by Gasteiger charge is 2.26. The smallest absolute Gasteiger partial charge is 0.160 e. The molecular weight excluding hydrogens is 172 g/mol. The van der Waals surface area contributed by atoms with E-state index in [1.807, 2.05) is 0 Å². The Bertz CT molecular complexity index is 336. The average Bonchev–Trinajstić information content (AvgIpc) is 2.01. The van der Waals surface area contributed by atoms with Gasteiger partial charge in [0.15, 0.2) is 5.78 Å². The summed E-state index contributed by atoms with van der Waals surface area (Å²) in [4.78, 5) is 10.9. The van der Waals surface area contributed by atoms with Crippen molar-refractivity contribution in [2.75, 3.05) is 0 Å². The van der Waals surface area contributed by atoms with Gasteiger partial charge in [-0.2, -0.15) is 0 Å². The second kappa shape index (κ2) is 3.98. The molecule has 1 nitrogen and oxygen atoms in total. The van der Waals surface area contributed by atoms with E-state index >= 15 is 0 Å². The molecule has 1 heteroatoms. The number of hydrogen-bond acceptors (Lipinski definition) is 1. The summed E-state index contributed by atoms with van der Waals surface area (Å²) in [6, 6.07) is 0. The van der Waals surface area contributed by atoms with E-state index in [4.69, 9.17) is 0 Å². The Hall–Kier alpha value is -1.07. The molecule has 1 rings (SSSR count). The minimum Gasteiger partial charge on any atom is -0.294 e. The van der Waals surface area contributed by atoms with Gasteiger partial charge in [-0.3, -0.25) is 4.79 Å². The average molecular weight is 190 g/mol. The maximum Gasteiger partial charge on any atom is 0.160 e. The molecule has 0 radical (unpaired) electrons. The van der Waals surface area contributed by atoms with Crippen molar-refractivity contribution < 1.29 is 4.79 Å². The Morgan fingerprint density at radius 2 is 2.21 bits per heavy atom. The first kappa shape index (κ1) is 11.0. The molecule has 0 fully saturated rings. The van der Waals surface area contributed by atoms with Crippen LogP contribution in [0.3, 0.4) is 0 Å². The van der Waals surface area contributed by atoms with Crippen molar-refractivity contribution in [2.45, 2.75) is 40.5 Å². The molecule has 0 aliphatic heterocycles. The van der Waals surface area contributed by atoms with Crippen molar-refractivity contribution in [1.29, 1.82) is 0 Å². The van der Waals surface area contributed by atoms with Gasteiger partial charge in [-0.1, -0.05) is 19.9 Å². The second-order valence-electron chi connectivity index (χ2n) is 4.58. The summed E-state index contributed by atoms with van der Waals surface area (Å²) >= 11 is 0. The highest BCUT2D eigenvalue weighted by molar-refractivity contribution is 5.87.